The van der Waals surface area contributed by atoms with Crippen LogP contribution in [0.4, 0.5) is 0 Å². The van der Waals surface area contributed by atoms with Crippen molar-refractivity contribution in [1.82, 2.24) is 0 Å². The number of hydrogen-bond acceptors (Lipinski definition) is 1. The van der Waals surface area contributed by atoms with Gasteiger partial charge in [-0.25, -0.2) is 0 Å². The molecule has 18 heavy (non-hydrogen) atoms. The van der Waals surface area contributed by atoms with Crippen molar-refractivity contribution in [2.75, 3.05) is 18.5 Å². The minimum atomic E-state index is -1.03. The summed E-state index contributed by atoms with van der Waals surface area (Å²) >= 11 is 0. The molecule has 0 N–H and O–H groups in total. The molecule has 0 fully saturated rings. The number of rotatable bonds is 9. The molecule has 0 saturated heterocycles. The Morgan fingerprint density at radius 2 is 1.17 bits per heavy atom. The Bertz CT molecular complexity index is 222. The highest BCUT2D eigenvalue weighted by molar-refractivity contribution is 7.75. The summed E-state index contributed by atoms with van der Waals surface area (Å²) in [6.07, 6.45) is 11.7. The summed E-state index contributed by atoms with van der Waals surface area (Å²) < 4.78 is 0. The third kappa shape index (κ3) is 9.78. The van der Waals surface area contributed by atoms with E-state index in [2.05, 4.69) is 26.8 Å². The topological polar surface area (TPSA) is 23.8 Å². The van der Waals surface area contributed by atoms with E-state index in [-0.39, 0.29) is 0 Å². The van der Waals surface area contributed by atoms with Gasteiger partial charge < -0.3 is 0 Å². The van der Waals surface area contributed by atoms with E-state index in [1.807, 2.05) is 19.6 Å². The Kier molecular flexibility index (Phi) is 16.6. The van der Waals surface area contributed by atoms with Gasteiger partial charge in [0.25, 0.3) is 0 Å². The molecule has 0 aromatic carbocycles. The van der Waals surface area contributed by atoms with Crippen LogP contribution in [0.2, 0.25) is 0 Å². The van der Waals surface area contributed by atoms with Crippen molar-refractivity contribution >= 4 is 12.7 Å². The fourth-order valence-electron chi connectivity index (χ4n) is 2.07. The van der Waals surface area contributed by atoms with Crippen LogP contribution in [0.15, 0.2) is 0 Å². The van der Waals surface area contributed by atoms with E-state index < -0.39 is 6.89 Å². The van der Waals surface area contributed by atoms with Crippen molar-refractivity contribution in [3.63, 3.8) is 0 Å². The van der Waals surface area contributed by atoms with Crippen molar-refractivity contribution in [2.24, 2.45) is 0 Å². The molecule has 0 amide bonds. The van der Waals surface area contributed by atoms with Gasteiger partial charge >= 0.3 is 0 Å². The molecule has 0 aliphatic carbocycles. The van der Waals surface area contributed by atoms with Crippen LogP contribution in [-0.2, 0) is 0 Å². The third-order valence-electron chi connectivity index (χ3n) is 3.20. The van der Waals surface area contributed by atoms with E-state index in [0.717, 1.165) is 0 Å². The molecule has 1 nitrogen and oxygen atoms in total. The highest BCUT2D eigenvalue weighted by Crippen LogP contribution is 2.49. The number of nitrogens with zero attached hydrogens (tertiary/aromatic N) is 1. The Labute approximate surface area is 116 Å². The van der Waals surface area contributed by atoms with Crippen molar-refractivity contribution in [3.8, 4) is 6.07 Å². The first-order chi connectivity index (χ1) is 8.74. The fraction of sp³-hybridized carbons (Fsp3) is 0.875. The molecule has 0 saturated carbocycles. The van der Waals surface area contributed by atoms with Crippen LogP contribution in [-0.4, -0.2) is 24.3 Å². The summed E-state index contributed by atoms with van der Waals surface area (Å²) in [6, 6.07) is 2.36. The zero-order valence-electron chi connectivity index (χ0n) is 13.3. The van der Waals surface area contributed by atoms with Gasteiger partial charge in [0.05, 0.1) is 6.07 Å². The molecule has 0 aliphatic rings. The molecule has 0 radical (unpaired) electrons. The monoisotopic (exact) mass is 271 g/mol. The summed E-state index contributed by atoms with van der Waals surface area (Å²) in [5, 5.41) is 9.02. The minimum absolute atomic E-state index is 1.03. The smallest absolute Gasteiger partial charge is 0.0913 e. The molecule has 2 heteroatoms. The maximum absolute atomic E-state index is 9.02. The van der Waals surface area contributed by atoms with Gasteiger partial charge in [-0.15, -0.1) is 0 Å². The van der Waals surface area contributed by atoms with Crippen LogP contribution in [0.1, 0.15) is 73.1 Å². The van der Waals surface area contributed by atoms with E-state index >= 15 is 0 Å². The zero-order valence-corrected chi connectivity index (χ0v) is 14.2. The van der Waals surface area contributed by atoms with Crippen LogP contribution in [0.5, 0.6) is 0 Å². The Morgan fingerprint density at radius 1 is 0.833 bits per heavy atom. The summed E-state index contributed by atoms with van der Waals surface area (Å²) in [4.78, 5) is 0. The van der Waals surface area contributed by atoms with E-state index in [1.165, 1.54) is 57.0 Å². The van der Waals surface area contributed by atoms with Crippen LogP contribution in [0.25, 0.3) is 0 Å². The van der Waals surface area contributed by atoms with Gasteiger partial charge in [0, 0.05) is 5.80 Å². The normalized spacial score (nSPS) is 10.2. The predicted octanol–water partition coefficient (Wildman–Crippen LogP) is 5.76. The molecule has 0 aromatic heterocycles. The second-order valence-electron chi connectivity index (χ2n) is 4.71. The molecule has 0 aliphatic heterocycles. The highest BCUT2D eigenvalue weighted by atomic mass is 31.2. The van der Waals surface area contributed by atoms with Gasteiger partial charge in [-0.2, -0.15) is 5.26 Å². The second-order valence-corrected chi connectivity index (χ2v) is 8.75. The third-order valence-corrected chi connectivity index (χ3v) is 7.49. The Hall–Kier alpha value is -0.210. The predicted molar refractivity (Wildman–Crippen MR) is 89.3 cm³/mol. The van der Waals surface area contributed by atoms with Crippen LogP contribution >= 0.6 is 6.89 Å². The first kappa shape index (κ1) is 20.1. The van der Waals surface area contributed by atoms with E-state index in [0.29, 0.717) is 0 Å². The zero-order chi connectivity index (χ0) is 14.3. The molecule has 0 spiro atoms. The van der Waals surface area contributed by atoms with Gasteiger partial charge in [-0.05, 0) is 37.7 Å². The quantitative estimate of drug-likeness (QED) is 0.489. The Morgan fingerprint density at radius 3 is 1.39 bits per heavy atom. The number of unbranched alkanes of at least 4 members (excludes halogenated alkanes) is 3. The minimum Gasteiger partial charge on any atom is -0.193 e. The lowest BCUT2D eigenvalue weighted by Gasteiger charge is -2.25. The van der Waals surface area contributed by atoms with Crippen LogP contribution in [0.3, 0.4) is 0 Å². The second kappa shape index (κ2) is 14.8. The maximum atomic E-state index is 9.02. The molecular weight excluding hydrogens is 237 g/mol. The van der Waals surface area contributed by atoms with Gasteiger partial charge in [0.1, 0.15) is 0 Å². The summed E-state index contributed by atoms with van der Waals surface area (Å²) in [5.41, 5.74) is 0. The lowest BCUT2D eigenvalue weighted by Crippen LogP contribution is -2.03. The fourth-order valence-corrected chi connectivity index (χ4v) is 6.21. The molecule has 0 bridgehead atoms. The molecule has 0 atom stereocenters. The largest absolute Gasteiger partial charge is 0.193 e. The van der Waals surface area contributed by atoms with Crippen LogP contribution < -0.4 is 0 Å². The first-order valence-electron chi connectivity index (χ1n) is 7.84. The number of nitriles is 1. The number of hydrogen-bond donors (Lipinski definition) is 0. The molecule has 0 aromatic rings. The lowest BCUT2D eigenvalue weighted by atomic mass is 10.4. The lowest BCUT2D eigenvalue weighted by molar-refractivity contribution is 0.845. The molecule has 0 unspecified atom stereocenters. The molecule has 0 rings (SSSR count). The first-order valence-corrected chi connectivity index (χ1v) is 10.3. The van der Waals surface area contributed by atoms with E-state index in [1.54, 1.807) is 0 Å². The van der Waals surface area contributed by atoms with Gasteiger partial charge in [-0.3, -0.25) is 0 Å². The van der Waals surface area contributed by atoms with Crippen molar-refractivity contribution in [3.05, 3.63) is 0 Å². The van der Waals surface area contributed by atoms with E-state index in [9.17, 15) is 0 Å². The summed E-state index contributed by atoms with van der Waals surface area (Å²) in [7, 11) is 0. The average molecular weight is 271 g/mol. The summed E-state index contributed by atoms with van der Waals surface area (Å²) in [5.74, 6) is 2.05. The SMILES string of the molecule is CC.CCCCP(=CC#N)(CCCC)CCCC. The van der Waals surface area contributed by atoms with Crippen molar-refractivity contribution < 1.29 is 0 Å². The molecular formula is C16H34NP. The average Bonchev–Trinajstić information content (AvgIpc) is 2.43. The van der Waals surface area contributed by atoms with Crippen molar-refractivity contribution in [2.45, 2.75) is 73.1 Å². The highest BCUT2D eigenvalue weighted by Gasteiger charge is 2.15. The standard InChI is InChI=1S/C14H28NP.C2H6/c1-4-7-11-16(14-10-15,12-8-5-2)13-9-6-3;1-2/h14H,4-9,11-13H2,1-3H3;1-2H3. The van der Waals surface area contributed by atoms with Crippen LogP contribution in [0, 0.1) is 11.3 Å². The maximum Gasteiger partial charge on any atom is 0.0913 e. The van der Waals surface area contributed by atoms with Gasteiger partial charge in [0.15, 0.2) is 0 Å². The van der Waals surface area contributed by atoms with Gasteiger partial charge in [-0.1, -0.05) is 60.8 Å². The molecule has 0 heterocycles. The Balaban J connectivity index is 0. The van der Waals surface area contributed by atoms with E-state index in [4.69, 9.17) is 5.26 Å². The van der Waals surface area contributed by atoms with Crippen molar-refractivity contribution in [1.29, 1.82) is 5.26 Å². The summed E-state index contributed by atoms with van der Waals surface area (Å²) in [6.45, 7) is 9.72. The van der Waals surface area contributed by atoms with Gasteiger partial charge in [0.2, 0.25) is 0 Å². The molecule has 108 valence electrons.